The van der Waals surface area contributed by atoms with Crippen molar-refractivity contribution in [3.63, 3.8) is 0 Å². The van der Waals surface area contributed by atoms with Crippen molar-refractivity contribution in [1.29, 1.82) is 0 Å². The predicted octanol–water partition coefficient (Wildman–Crippen LogP) is 3.05. The summed E-state index contributed by atoms with van der Waals surface area (Å²) < 4.78 is 0. The van der Waals surface area contributed by atoms with E-state index in [0.717, 1.165) is 19.1 Å². The van der Waals surface area contributed by atoms with E-state index >= 15 is 0 Å². The van der Waals surface area contributed by atoms with Crippen molar-refractivity contribution in [3.8, 4) is 0 Å². The number of rotatable bonds is 1. The Morgan fingerprint density at radius 3 is 2.42 bits per heavy atom. The van der Waals surface area contributed by atoms with Gasteiger partial charge in [0.2, 0.25) is 0 Å². The van der Waals surface area contributed by atoms with E-state index in [1.54, 1.807) is 11.1 Å². The summed E-state index contributed by atoms with van der Waals surface area (Å²) in [5, 5.41) is 3.46. The second kappa shape index (κ2) is 4.92. The summed E-state index contributed by atoms with van der Waals surface area (Å²) in [6.07, 6.45) is 2.61. The molecule has 0 atom stereocenters. The fraction of sp³-hybridized carbons (Fsp3) is 0.647. The van der Waals surface area contributed by atoms with Gasteiger partial charge in [-0.2, -0.15) is 0 Å². The number of piperidine rings is 1. The highest BCUT2D eigenvalue weighted by Gasteiger charge is 2.27. The standard InChI is InChI=1S/C17H26N2/c1-17(2,3)15-5-4-13-11-19(12-14(13)10-15)16-6-8-18-9-7-16/h4-5,10,16,18H,6-9,11-12H2,1-3H3. The Balaban J connectivity index is 1.76. The minimum atomic E-state index is 0.261. The Bertz CT molecular complexity index is 453. The first-order valence-electron chi connectivity index (χ1n) is 7.61. The monoisotopic (exact) mass is 258 g/mol. The van der Waals surface area contributed by atoms with Crippen molar-refractivity contribution >= 4 is 0 Å². The van der Waals surface area contributed by atoms with E-state index < -0.39 is 0 Å². The number of benzene rings is 1. The number of nitrogens with zero attached hydrogens (tertiary/aromatic N) is 1. The van der Waals surface area contributed by atoms with E-state index in [-0.39, 0.29) is 5.41 Å². The molecule has 2 nitrogen and oxygen atoms in total. The Labute approximate surface area is 117 Å². The largest absolute Gasteiger partial charge is 0.317 e. The summed E-state index contributed by atoms with van der Waals surface area (Å²) in [6, 6.07) is 7.91. The predicted molar refractivity (Wildman–Crippen MR) is 80.3 cm³/mol. The molecule has 0 unspecified atom stereocenters. The third kappa shape index (κ3) is 2.70. The second-order valence-electron chi connectivity index (χ2n) is 7.12. The Morgan fingerprint density at radius 2 is 1.74 bits per heavy atom. The van der Waals surface area contributed by atoms with Gasteiger partial charge in [-0.15, -0.1) is 0 Å². The van der Waals surface area contributed by atoms with Crippen LogP contribution < -0.4 is 5.32 Å². The average molecular weight is 258 g/mol. The molecule has 104 valence electrons. The van der Waals surface area contributed by atoms with E-state index in [0.29, 0.717) is 0 Å². The molecule has 0 aromatic heterocycles. The molecule has 2 aliphatic rings. The third-order valence-corrected chi connectivity index (χ3v) is 4.64. The molecule has 1 N–H and O–H groups in total. The minimum absolute atomic E-state index is 0.261. The molecule has 0 spiro atoms. The molecule has 0 radical (unpaired) electrons. The van der Waals surface area contributed by atoms with Crippen LogP contribution in [0.4, 0.5) is 0 Å². The van der Waals surface area contributed by atoms with Crippen molar-refractivity contribution in [3.05, 3.63) is 34.9 Å². The fourth-order valence-electron chi connectivity index (χ4n) is 3.32. The first kappa shape index (κ1) is 13.1. The highest BCUT2D eigenvalue weighted by Crippen LogP contribution is 2.31. The summed E-state index contributed by atoms with van der Waals surface area (Å²) in [5.74, 6) is 0. The summed E-state index contributed by atoms with van der Waals surface area (Å²) >= 11 is 0. The van der Waals surface area contributed by atoms with Gasteiger partial charge in [0.1, 0.15) is 0 Å². The van der Waals surface area contributed by atoms with E-state index in [1.165, 1.54) is 31.5 Å². The molecule has 0 aliphatic carbocycles. The molecule has 2 heterocycles. The lowest BCUT2D eigenvalue weighted by atomic mass is 9.85. The zero-order chi connectivity index (χ0) is 13.5. The molecule has 0 saturated carbocycles. The minimum Gasteiger partial charge on any atom is -0.317 e. The zero-order valence-corrected chi connectivity index (χ0v) is 12.5. The summed E-state index contributed by atoms with van der Waals surface area (Å²) in [5.41, 5.74) is 4.84. The fourth-order valence-corrected chi connectivity index (χ4v) is 3.32. The van der Waals surface area contributed by atoms with Gasteiger partial charge < -0.3 is 5.32 Å². The number of fused-ring (bicyclic) bond motifs is 1. The first-order chi connectivity index (χ1) is 9.04. The van der Waals surface area contributed by atoms with E-state index in [9.17, 15) is 0 Å². The maximum atomic E-state index is 3.46. The highest BCUT2D eigenvalue weighted by atomic mass is 15.2. The molecule has 2 heteroatoms. The van der Waals surface area contributed by atoms with Gasteiger partial charge in [-0.25, -0.2) is 0 Å². The molecule has 0 amide bonds. The molecule has 1 saturated heterocycles. The lowest BCUT2D eigenvalue weighted by molar-refractivity contribution is 0.163. The third-order valence-electron chi connectivity index (χ3n) is 4.64. The molecular formula is C17H26N2. The Morgan fingerprint density at radius 1 is 1.05 bits per heavy atom. The van der Waals surface area contributed by atoms with Crippen molar-refractivity contribution in [2.24, 2.45) is 0 Å². The summed E-state index contributed by atoms with van der Waals surface area (Å²) in [7, 11) is 0. The summed E-state index contributed by atoms with van der Waals surface area (Å²) in [4.78, 5) is 2.68. The van der Waals surface area contributed by atoms with Gasteiger partial charge >= 0.3 is 0 Å². The number of nitrogens with one attached hydrogen (secondary N) is 1. The van der Waals surface area contributed by atoms with E-state index in [4.69, 9.17) is 0 Å². The maximum absolute atomic E-state index is 3.46. The van der Waals surface area contributed by atoms with Gasteiger partial charge in [0.15, 0.2) is 0 Å². The second-order valence-corrected chi connectivity index (χ2v) is 7.12. The van der Waals surface area contributed by atoms with Crippen LogP contribution in [-0.4, -0.2) is 24.0 Å². The topological polar surface area (TPSA) is 15.3 Å². The van der Waals surface area contributed by atoms with Crippen LogP contribution in [-0.2, 0) is 18.5 Å². The lowest BCUT2D eigenvalue weighted by Gasteiger charge is -2.31. The van der Waals surface area contributed by atoms with Gasteiger partial charge in [0.05, 0.1) is 0 Å². The van der Waals surface area contributed by atoms with Crippen LogP contribution in [0, 0.1) is 0 Å². The van der Waals surface area contributed by atoms with Gasteiger partial charge in [0, 0.05) is 19.1 Å². The van der Waals surface area contributed by atoms with Gasteiger partial charge in [-0.05, 0) is 48.0 Å². The normalized spacial score (nSPS) is 21.6. The number of hydrogen-bond donors (Lipinski definition) is 1. The van der Waals surface area contributed by atoms with Crippen LogP contribution in [0.2, 0.25) is 0 Å². The quantitative estimate of drug-likeness (QED) is 0.833. The van der Waals surface area contributed by atoms with Crippen molar-refractivity contribution in [2.75, 3.05) is 13.1 Å². The van der Waals surface area contributed by atoms with Gasteiger partial charge in [0.25, 0.3) is 0 Å². The van der Waals surface area contributed by atoms with Crippen LogP contribution in [0.3, 0.4) is 0 Å². The lowest BCUT2D eigenvalue weighted by Crippen LogP contribution is -2.40. The van der Waals surface area contributed by atoms with E-state index in [2.05, 4.69) is 49.2 Å². The first-order valence-corrected chi connectivity index (χ1v) is 7.61. The van der Waals surface area contributed by atoms with Crippen LogP contribution in [0.1, 0.15) is 50.3 Å². The van der Waals surface area contributed by atoms with Crippen LogP contribution in [0.15, 0.2) is 18.2 Å². The Hall–Kier alpha value is -0.860. The SMILES string of the molecule is CC(C)(C)c1ccc2c(c1)CN(C1CCNCC1)C2. The molecule has 0 bridgehead atoms. The summed E-state index contributed by atoms with van der Waals surface area (Å²) in [6.45, 7) is 11.6. The van der Waals surface area contributed by atoms with Gasteiger partial charge in [-0.1, -0.05) is 39.0 Å². The molecule has 2 aliphatic heterocycles. The van der Waals surface area contributed by atoms with Crippen LogP contribution >= 0.6 is 0 Å². The average Bonchev–Trinajstić information content (AvgIpc) is 2.81. The van der Waals surface area contributed by atoms with Crippen molar-refractivity contribution in [2.45, 2.75) is 58.2 Å². The van der Waals surface area contributed by atoms with E-state index in [1.807, 2.05) is 0 Å². The van der Waals surface area contributed by atoms with Crippen LogP contribution in [0.5, 0.6) is 0 Å². The smallest absolute Gasteiger partial charge is 0.0243 e. The molecular weight excluding hydrogens is 232 g/mol. The molecule has 1 aromatic rings. The molecule has 1 aromatic carbocycles. The highest BCUT2D eigenvalue weighted by molar-refractivity contribution is 5.37. The van der Waals surface area contributed by atoms with Gasteiger partial charge in [-0.3, -0.25) is 4.90 Å². The maximum Gasteiger partial charge on any atom is 0.0243 e. The molecule has 19 heavy (non-hydrogen) atoms. The molecule has 3 rings (SSSR count). The zero-order valence-electron chi connectivity index (χ0n) is 12.5. The van der Waals surface area contributed by atoms with Crippen molar-refractivity contribution in [1.82, 2.24) is 10.2 Å². The number of hydrogen-bond acceptors (Lipinski definition) is 2. The van der Waals surface area contributed by atoms with Crippen LogP contribution in [0.25, 0.3) is 0 Å². The Kier molecular flexibility index (Phi) is 3.40. The molecule has 1 fully saturated rings. The van der Waals surface area contributed by atoms with Crippen molar-refractivity contribution < 1.29 is 0 Å².